The largest absolute Gasteiger partial charge is 0.492 e. The molecule has 0 aliphatic rings. The van der Waals surface area contributed by atoms with E-state index in [1.54, 1.807) is 24.3 Å². The average molecular weight is 723 g/mol. The maximum Gasteiger partial charge on any atom is 0.255 e. The van der Waals surface area contributed by atoms with Crippen LogP contribution in [0.3, 0.4) is 0 Å². The van der Waals surface area contributed by atoms with Crippen LogP contribution in [-0.2, 0) is 0 Å². The van der Waals surface area contributed by atoms with Gasteiger partial charge in [0, 0.05) is 22.5 Å². The minimum Gasteiger partial charge on any atom is -0.492 e. The van der Waals surface area contributed by atoms with E-state index in [2.05, 4.69) is 56.3 Å². The maximum absolute atomic E-state index is 13.0. The van der Waals surface area contributed by atoms with Crippen LogP contribution in [0.1, 0.15) is 71.4 Å². The van der Waals surface area contributed by atoms with Gasteiger partial charge in [-0.05, 0) is 141 Å². The Morgan fingerprint density at radius 1 is 0.614 bits per heavy atom. The summed E-state index contributed by atoms with van der Waals surface area (Å²) >= 11 is 7.04. The second-order valence-corrected chi connectivity index (χ2v) is 12.4. The van der Waals surface area contributed by atoms with Crippen molar-refractivity contribution in [3.05, 3.63) is 104 Å². The fourth-order valence-corrected chi connectivity index (χ4v) is 5.51. The average Bonchev–Trinajstić information content (AvgIpc) is 3.00. The van der Waals surface area contributed by atoms with Crippen LogP contribution in [-0.4, -0.2) is 25.0 Å². The van der Waals surface area contributed by atoms with Crippen LogP contribution in [0, 0.1) is 13.8 Å². The van der Waals surface area contributed by atoms with Gasteiger partial charge in [-0.25, -0.2) is 0 Å². The van der Waals surface area contributed by atoms with E-state index in [1.807, 2.05) is 62.4 Å². The summed E-state index contributed by atoms with van der Waals surface area (Å²) in [5, 5.41) is 6.04. The van der Waals surface area contributed by atoms with E-state index in [0.717, 1.165) is 79.8 Å². The molecule has 0 aliphatic heterocycles. The van der Waals surface area contributed by atoms with E-state index in [1.165, 1.54) is 0 Å². The van der Waals surface area contributed by atoms with Gasteiger partial charge >= 0.3 is 0 Å². The molecule has 0 aromatic heterocycles. The van der Waals surface area contributed by atoms with Gasteiger partial charge in [0.15, 0.2) is 0 Å². The Bertz CT molecular complexity index is 1520. The summed E-state index contributed by atoms with van der Waals surface area (Å²) in [7, 11) is 0. The molecule has 0 atom stereocenters. The smallest absolute Gasteiger partial charge is 0.255 e. The molecular formula is C36H38Br2N2O4. The Kier molecular flexibility index (Phi) is 12.0. The Balaban J connectivity index is 1.40. The molecule has 0 saturated carbocycles. The van der Waals surface area contributed by atoms with E-state index in [0.29, 0.717) is 24.3 Å². The Labute approximate surface area is 276 Å². The molecule has 0 radical (unpaired) electrons. The standard InChI is InChI=1S/C36H38Br2N2O4/c1-5-7-17-43-33-15-11-27(21-29(33)37)35(41)39-31-13-9-25(19-23(31)3)26-10-14-32(24(4)20-26)40-36(42)28-12-16-34(30(38)22-28)44-18-8-6-2/h9-16,19-22H,5-8,17-18H2,1-4H3,(H,39,41)(H,40,42). The Morgan fingerprint density at radius 3 is 1.36 bits per heavy atom. The highest BCUT2D eigenvalue weighted by Crippen LogP contribution is 2.31. The van der Waals surface area contributed by atoms with Crippen LogP contribution in [0.15, 0.2) is 81.7 Å². The highest BCUT2D eigenvalue weighted by Gasteiger charge is 2.14. The predicted octanol–water partition coefficient (Wildman–Crippen LogP) is 10.4. The van der Waals surface area contributed by atoms with Gasteiger partial charge < -0.3 is 20.1 Å². The molecule has 8 heteroatoms. The van der Waals surface area contributed by atoms with Gasteiger partial charge in [0.25, 0.3) is 11.8 Å². The zero-order valence-electron chi connectivity index (χ0n) is 25.6. The lowest BCUT2D eigenvalue weighted by atomic mass is 9.99. The lowest BCUT2D eigenvalue weighted by Crippen LogP contribution is -2.13. The zero-order chi connectivity index (χ0) is 31.6. The minimum absolute atomic E-state index is 0.191. The van der Waals surface area contributed by atoms with Gasteiger partial charge in [-0.15, -0.1) is 0 Å². The summed E-state index contributed by atoms with van der Waals surface area (Å²) in [4.78, 5) is 26.0. The molecule has 2 amide bonds. The number of hydrogen-bond acceptors (Lipinski definition) is 4. The normalized spacial score (nSPS) is 10.8. The number of nitrogens with one attached hydrogen (secondary N) is 2. The van der Waals surface area contributed by atoms with E-state index in [9.17, 15) is 9.59 Å². The third-order valence-electron chi connectivity index (χ3n) is 7.18. The first-order valence-corrected chi connectivity index (χ1v) is 16.5. The number of unbranched alkanes of at least 4 members (excludes halogenated alkanes) is 2. The second kappa shape index (κ2) is 15.9. The summed E-state index contributed by atoms with van der Waals surface area (Å²) in [6, 6.07) is 22.6. The van der Waals surface area contributed by atoms with Crippen LogP contribution in [0.2, 0.25) is 0 Å². The van der Waals surface area contributed by atoms with Gasteiger partial charge in [0.05, 0.1) is 22.2 Å². The summed E-state index contributed by atoms with van der Waals surface area (Å²) in [5.74, 6) is 1.07. The predicted molar refractivity (Wildman–Crippen MR) is 186 cm³/mol. The number of ether oxygens (including phenoxy) is 2. The first kappa shape index (κ1) is 33.3. The summed E-state index contributed by atoms with van der Waals surface area (Å²) < 4.78 is 13.1. The molecule has 4 aromatic carbocycles. The molecule has 0 unspecified atom stereocenters. The third kappa shape index (κ3) is 8.73. The molecule has 0 bridgehead atoms. The number of amides is 2. The van der Waals surface area contributed by atoms with E-state index < -0.39 is 0 Å². The van der Waals surface area contributed by atoms with E-state index in [-0.39, 0.29) is 11.8 Å². The van der Waals surface area contributed by atoms with Crippen molar-refractivity contribution in [1.29, 1.82) is 0 Å². The first-order chi connectivity index (χ1) is 21.2. The van der Waals surface area contributed by atoms with Gasteiger partial charge in [0.2, 0.25) is 0 Å². The number of halogens is 2. The number of carbonyl (C=O) groups excluding carboxylic acids is 2. The summed E-state index contributed by atoms with van der Waals surface area (Å²) in [5.41, 5.74) is 6.48. The Morgan fingerprint density at radius 2 is 1.02 bits per heavy atom. The van der Waals surface area contributed by atoms with Gasteiger partial charge in [-0.3, -0.25) is 9.59 Å². The van der Waals surface area contributed by atoms with Crippen molar-refractivity contribution < 1.29 is 19.1 Å². The van der Waals surface area contributed by atoms with Crippen LogP contribution < -0.4 is 20.1 Å². The number of hydrogen-bond donors (Lipinski definition) is 2. The summed E-state index contributed by atoms with van der Waals surface area (Å²) in [6.45, 7) is 9.46. The van der Waals surface area contributed by atoms with Crippen molar-refractivity contribution in [3.63, 3.8) is 0 Å². The van der Waals surface area contributed by atoms with Crippen molar-refractivity contribution in [2.75, 3.05) is 23.8 Å². The summed E-state index contributed by atoms with van der Waals surface area (Å²) in [6.07, 6.45) is 4.08. The molecule has 0 heterocycles. The maximum atomic E-state index is 13.0. The molecule has 0 fully saturated rings. The lowest BCUT2D eigenvalue weighted by Gasteiger charge is -2.14. The molecule has 4 rings (SSSR count). The topological polar surface area (TPSA) is 76.7 Å². The van der Waals surface area contributed by atoms with Gasteiger partial charge in [-0.1, -0.05) is 38.8 Å². The molecule has 2 N–H and O–H groups in total. The minimum atomic E-state index is -0.191. The van der Waals surface area contributed by atoms with Crippen LogP contribution in [0.5, 0.6) is 11.5 Å². The number of anilines is 2. The van der Waals surface area contributed by atoms with Gasteiger partial charge in [0.1, 0.15) is 11.5 Å². The van der Waals surface area contributed by atoms with Crippen molar-refractivity contribution in [2.45, 2.75) is 53.4 Å². The number of aryl methyl sites for hydroxylation is 2. The number of benzene rings is 4. The molecule has 44 heavy (non-hydrogen) atoms. The second-order valence-electron chi connectivity index (χ2n) is 10.7. The van der Waals surface area contributed by atoms with Gasteiger partial charge in [-0.2, -0.15) is 0 Å². The van der Waals surface area contributed by atoms with Crippen LogP contribution in [0.4, 0.5) is 11.4 Å². The quantitative estimate of drug-likeness (QED) is 0.135. The van der Waals surface area contributed by atoms with Crippen molar-refractivity contribution in [1.82, 2.24) is 0 Å². The molecule has 0 aliphatic carbocycles. The fraction of sp³-hybridized carbons (Fsp3) is 0.278. The highest BCUT2D eigenvalue weighted by atomic mass is 79.9. The fourth-order valence-electron chi connectivity index (χ4n) is 4.53. The van der Waals surface area contributed by atoms with Crippen molar-refractivity contribution in [2.24, 2.45) is 0 Å². The monoisotopic (exact) mass is 720 g/mol. The zero-order valence-corrected chi connectivity index (χ0v) is 28.7. The molecule has 6 nitrogen and oxygen atoms in total. The van der Waals surface area contributed by atoms with E-state index in [4.69, 9.17) is 9.47 Å². The Hall–Kier alpha value is -3.62. The van der Waals surface area contributed by atoms with Crippen molar-refractivity contribution in [3.8, 4) is 22.6 Å². The first-order valence-electron chi connectivity index (χ1n) is 14.9. The molecule has 230 valence electrons. The molecule has 4 aromatic rings. The highest BCUT2D eigenvalue weighted by molar-refractivity contribution is 9.10. The molecule has 0 saturated heterocycles. The number of carbonyl (C=O) groups is 2. The van der Waals surface area contributed by atoms with Crippen LogP contribution in [0.25, 0.3) is 11.1 Å². The van der Waals surface area contributed by atoms with E-state index >= 15 is 0 Å². The SMILES string of the molecule is CCCCOc1ccc(C(=O)Nc2ccc(-c3ccc(NC(=O)c4ccc(OCCCC)c(Br)c4)c(C)c3)cc2C)cc1Br. The van der Waals surface area contributed by atoms with Crippen LogP contribution >= 0.6 is 31.9 Å². The molecule has 0 spiro atoms. The third-order valence-corrected chi connectivity index (χ3v) is 8.42. The lowest BCUT2D eigenvalue weighted by molar-refractivity contribution is 0.101. The number of rotatable bonds is 13. The van der Waals surface area contributed by atoms with Crippen molar-refractivity contribution >= 4 is 55.0 Å². The molecular weight excluding hydrogens is 684 g/mol.